The molecular formula is C10H19GaINO7. The molecule has 1 saturated heterocycles. The Balaban J connectivity index is 3.06. The first-order valence-corrected chi connectivity index (χ1v) is 15.7. The minimum atomic E-state index is -2.80. The average molecular weight is 463 g/mol. The number of aliphatic hydroxyl groups is 3. The van der Waals surface area contributed by atoms with Gasteiger partial charge in [-0.3, -0.25) is 0 Å². The summed E-state index contributed by atoms with van der Waals surface area (Å²) in [6, 6.07) is 0. The van der Waals surface area contributed by atoms with Crippen molar-refractivity contribution in [2.24, 2.45) is 10.4 Å². The maximum atomic E-state index is 11.5. The van der Waals surface area contributed by atoms with Crippen LogP contribution in [0.1, 0.15) is 21.6 Å². The summed E-state index contributed by atoms with van der Waals surface area (Å²) in [6.07, 6.45) is -5.52. The number of nitrogens with two attached hydrogens (primary N) is 1. The summed E-state index contributed by atoms with van der Waals surface area (Å²) < 4.78 is 23.4. The van der Waals surface area contributed by atoms with Gasteiger partial charge in [-0.15, -0.1) is 0 Å². The number of hydrogen-bond acceptors (Lipinski definition) is 7. The molecule has 8 nitrogen and oxygen atoms in total. The third-order valence-electron chi connectivity index (χ3n) is 3.29. The molecule has 1 aliphatic rings. The predicted molar refractivity (Wildman–Crippen MR) is 77.8 cm³/mol. The van der Waals surface area contributed by atoms with E-state index in [4.69, 9.17) is 14.1 Å². The Morgan fingerprint density at radius 1 is 1.70 bits per heavy atom. The van der Waals surface area contributed by atoms with E-state index >= 15 is 0 Å². The summed E-state index contributed by atoms with van der Waals surface area (Å²) in [6.45, 7) is 1.08. The number of halogens is 1. The quantitative estimate of drug-likeness (QED) is 0.250. The van der Waals surface area contributed by atoms with Crippen molar-refractivity contribution in [2.75, 3.05) is 0 Å². The fraction of sp³-hybridized carbons (Fsp3) is 0.900. The Bertz CT molecular complexity index is 379. The van der Waals surface area contributed by atoms with E-state index in [2.05, 4.69) is 0 Å². The van der Waals surface area contributed by atoms with Crippen LogP contribution in [0.15, 0.2) is 0 Å². The minimum absolute atomic E-state index is 0.314. The van der Waals surface area contributed by atoms with Crippen LogP contribution in [0, 0.1) is 5.92 Å². The van der Waals surface area contributed by atoms with Crippen LogP contribution in [-0.4, -0.2) is 69.9 Å². The normalized spacial score (nSPS) is 37.9. The number of aliphatic hydroxyl groups excluding tert-OH is 3. The molecule has 1 aliphatic heterocycles. The molecule has 0 spiro atoms. The van der Waals surface area contributed by atoms with Gasteiger partial charge in [0.05, 0.1) is 0 Å². The van der Waals surface area contributed by atoms with E-state index in [1.807, 2.05) is 19.7 Å². The van der Waals surface area contributed by atoms with Gasteiger partial charge in [0.15, 0.2) is 0 Å². The van der Waals surface area contributed by atoms with Crippen LogP contribution in [0.4, 0.5) is 0 Å². The number of aliphatic carboxylic acids is 1. The van der Waals surface area contributed by atoms with Crippen molar-refractivity contribution in [3.8, 4) is 0 Å². The molecule has 0 aromatic heterocycles. The van der Waals surface area contributed by atoms with Gasteiger partial charge in [-0.2, -0.15) is 0 Å². The van der Waals surface area contributed by atoms with Gasteiger partial charge in [0, 0.05) is 0 Å². The van der Waals surface area contributed by atoms with Crippen molar-refractivity contribution in [1.82, 2.24) is 0 Å². The van der Waals surface area contributed by atoms with Crippen LogP contribution in [0.2, 0.25) is 0 Å². The van der Waals surface area contributed by atoms with Gasteiger partial charge in [-0.05, 0) is 0 Å². The maximum absolute atomic E-state index is 11.5. The third-order valence-corrected chi connectivity index (χ3v) is 5.88. The summed E-state index contributed by atoms with van der Waals surface area (Å²) in [5, 5.41) is 39.0. The van der Waals surface area contributed by atoms with Gasteiger partial charge in [0.1, 0.15) is 0 Å². The molecule has 1 heterocycles. The molecule has 0 radical (unpaired) electrons. The molecule has 20 heavy (non-hydrogen) atoms. The fourth-order valence-corrected chi connectivity index (χ4v) is 5.53. The van der Waals surface area contributed by atoms with Crippen molar-refractivity contribution >= 4 is 38.9 Å². The first-order chi connectivity index (χ1) is 9.64. The van der Waals surface area contributed by atoms with Crippen LogP contribution in [-0.2, 0) is 13.1 Å². The van der Waals surface area contributed by atoms with E-state index in [1.54, 1.807) is 6.92 Å². The standard InChI is InChI=1S/C10H17O7.Ga.HI.H2N/c1-4-6(12)3-10(16,9(14)15)17-8(4)7(13)5(2)11;;;/h4-8,11-13H,3H2,1-2H3,(H,14,15);;1H;1H2/q-1;+3;;-1/p-1/i2D;;;. The molecular weight excluding hydrogens is 443 g/mol. The molecule has 0 aromatic rings. The summed E-state index contributed by atoms with van der Waals surface area (Å²) in [4.78, 5) is 11.5. The van der Waals surface area contributed by atoms with Gasteiger partial charge in [-0.25, -0.2) is 0 Å². The van der Waals surface area contributed by atoms with Gasteiger partial charge in [-0.1, -0.05) is 0 Å². The third kappa shape index (κ3) is 4.07. The van der Waals surface area contributed by atoms with Crippen molar-refractivity contribution < 1.29 is 34.9 Å². The van der Waals surface area contributed by atoms with E-state index in [1.165, 1.54) is 0 Å². The Morgan fingerprint density at radius 3 is 2.75 bits per heavy atom. The first-order valence-electron chi connectivity index (χ1n) is 6.67. The Kier molecular flexibility index (Phi) is 6.14. The van der Waals surface area contributed by atoms with E-state index in [-0.39, 0.29) is 6.42 Å². The Hall–Kier alpha value is 0.596. The van der Waals surface area contributed by atoms with Crippen LogP contribution in [0.5, 0.6) is 0 Å². The predicted octanol–water partition coefficient (Wildman–Crippen LogP) is -1.31. The van der Waals surface area contributed by atoms with E-state index in [0.717, 1.165) is 0 Å². The van der Waals surface area contributed by atoms with Crippen molar-refractivity contribution in [1.29, 1.82) is 0 Å². The number of hydrogen-bond donors (Lipinski definition) is 5. The summed E-state index contributed by atoms with van der Waals surface area (Å²) in [5.74, 6) is -4.20. The van der Waals surface area contributed by atoms with Gasteiger partial charge in [0.25, 0.3) is 0 Å². The Labute approximate surface area is 134 Å². The van der Waals surface area contributed by atoms with Crippen LogP contribution < -0.4 is 4.44 Å². The molecule has 6 unspecified atom stereocenters. The zero-order chi connectivity index (χ0) is 16.4. The number of ether oxygens (including phenoxy) is 1. The second-order valence-electron chi connectivity index (χ2n) is 4.80. The molecule has 0 bridgehead atoms. The van der Waals surface area contributed by atoms with Crippen LogP contribution in [0.3, 0.4) is 0 Å². The molecule has 10 heteroatoms. The molecule has 0 amide bonds. The van der Waals surface area contributed by atoms with Crippen LogP contribution in [0.25, 0.3) is 0 Å². The summed E-state index contributed by atoms with van der Waals surface area (Å²) in [5.41, 5.74) is 0. The fourth-order valence-electron chi connectivity index (χ4n) is 2.10. The number of rotatable bonds is 5. The topological polar surface area (TPSA) is 142 Å². The monoisotopic (exact) mass is 462 g/mol. The average Bonchev–Trinajstić information content (AvgIpc) is 2.40. The number of carbonyl (C=O) groups is 1. The van der Waals surface area contributed by atoms with E-state index in [9.17, 15) is 25.2 Å². The molecule has 0 aromatic carbocycles. The van der Waals surface area contributed by atoms with Crippen molar-refractivity contribution in [3.05, 3.63) is 0 Å². The molecule has 6 atom stereocenters. The number of carboxylic acids is 1. The summed E-state index contributed by atoms with van der Waals surface area (Å²) >= 11 is -0.977. The second-order valence-corrected chi connectivity index (χ2v) is 13.1. The van der Waals surface area contributed by atoms with Gasteiger partial charge in [0.2, 0.25) is 0 Å². The van der Waals surface area contributed by atoms with Crippen LogP contribution >= 0.6 is 19.7 Å². The van der Waals surface area contributed by atoms with Crippen molar-refractivity contribution in [2.45, 2.75) is 50.4 Å². The Morgan fingerprint density at radius 2 is 2.30 bits per heavy atom. The zero-order valence-electron chi connectivity index (χ0n) is 11.8. The van der Waals surface area contributed by atoms with Gasteiger partial charge < -0.3 is 0 Å². The molecule has 1 fully saturated rings. The van der Waals surface area contributed by atoms with Crippen molar-refractivity contribution in [3.63, 3.8) is 0 Å². The SMILES string of the molecule is [2H]CC(O)C(O)C1OC([O][Ga]([NH2])[I])(C(=O)O)CC(O)C1C. The molecule has 0 aliphatic carbocycles. The molecule has 0 saturated carbocycles. The zero-order valence-corrected chi connectivity index (χ0v) is 15.4. The van der Waals surface area contributed by atoms with E-state index < -0.39 is 62.3 Å². The molecule has 1 rings (SSSR count). The van der Waals surface area contributed by atoms with Gasteiger partial charge >= 0.3 is 135 Å². The van der Waals surface area contributed by atoms with E-state index in [0.29, 0.717) is 0 Å². The summed E-state index contributed by atoms with van der Waals surface area (Å²) in [7, 11) is 0. The number of carboxylic acid groups (broad SMARTS) is 1. The first kappa shape index (κ1) is 17.0. The molecule has 116 valence electrons. The second kappa shape index (κ2) is 7.24. The molecule has 6 N–H and O–H groups in total.